The van der Waals surface area contributed by atoms with E-state index in [9.17, 15) is 9.59 Å². The molecule has 7 nitrogen and oxygen atoms in total. The Labute approximate surface area is 115 Å². The van der Waals surface area contributed by atoms with Crippen molar-refractivity contribution in [3.8, 4) is 0 Å². The minimum Gasteiger partial charge on any atom is -0.480 e. The van der Waals surface area contributed by atoms with Crippen LogP contribution >= 0.6 is 0 Å². The van der Waals surface area contributed by atoms with Crippen molar-refractivity contribution in [2.75, 3.05) is 11.4 Å². The number of aromatic amines is 1. The van der Waals surface area contributed by atoms with Crippen LogP contribution in [0.4, 0.5) is 10.5 Å². The standard InChI is InChI=1S/C13H14N4O3/c18-12(19)9-17(11-4-2-1-3-5-11)13(20)14-6-10-7-15-16-8-10/h1-5,7-8H,6,9H2,(H,14,20)(H,15,16)(H,18,19). The first kappa shape index (κ1) is 13.6. The van der Waals surface area contributed by atoms with Crippen molar-refractivity contribution < 1.29 is 14.7 Å². The smallest absolute Gasteiger partial charge is 0.323 e. The van der Waals surface area contributed by atoms with E-state index in [2.05, 4.69) is 15.5 Å². The summed E-state index contributed by atoms with van der Waals surface area (Å²) < 4.78 is 0. The third kappa shape index (κ3) is 3.58. The number of nitrogens with zero attached hydrogens (tertiary/aromatic N) is 2. The molecule has 2 amide bonds. The Morgan fingerprint density at radius 1 is 1.30 bits per heavy atom. The van der Waals surface area contributed by atoms with E-state index >= 15 is 0 Å². The van der Waals surface area contributed by atoms with Crippen molar-refractivity contribution in [2.24, 2.45) is 0 Å². The fraction of sp³-hybridized carbons (Fsp3) is 0.154. The van der Waals surface area contributed by atoms with Gasteiger partial charge in [0, 0.05) is 24.0 Å². The van der Waals surface area contributed by atoms with Gasteiger partial charge in [-0.1, -0.05) is 18.2 Å². The van der Waals surface area contributed by atoms with Gasteiger partial charge in [-0.2, -0.15) is 5.10 Å². The van der Waals surface area contributed by atoms with Gasteiger partial charge >= 0.3 is 12.0 Å². The van der Waals surface area contributed by atoms with Crippen molar-refractivity contribution >= 4 is 17.7 Å². The van der Waals surface area contributed by atoms with Crippen LogP contribution in [0, 0.1) is 0 Å². The lowest BCUT2D eigenvalue weighted by Gasteiger charge is -2.21. The van der Waals surface area contributed by atoms with Gasteiger partial charge in [-0.3, -0.25) is 14.8 Å². The zero-order chi connectivity index (χ0) is 14.4. The SMILES string of the molecule is O=C(O)CN(C(=O)NCc1cn[nH]c1)c1ccccc1. The Balaban J connectivity index is 2.06. The molecule has 0 radical (unpaired) electrons. The first-order chi connectivity index (χ1) is 9.66. The van der Waals surface area contributed by atoms with E-state index in [-0.39, 0.29) is 6.54 Å². The number of rotatable bonds is 5. The number of aromatic nitrogens is 2. The predicted molar refractivity (Wildman–Crippen MR) is 72.2 cm³/mol. The number of benzene rings is 1. The Hall–Kier alpha value is -2.83. The molecule has 0 aliphatic rings. The second-order valence-corrected chi connectivity index (χ2v) is 4.08. The normalized spacial score (nSPS) is 10.0. The van der Waals surface area contributed by atoms with Gasteiger partial charge in [0.25, 0.3) is 0 Å². The number of carbonyl (C=O) groups is 2. The van der Waals surface area contributed by atoms with Crippen molar-refractivity contribution in [2.45, 2.75) is 6.54 Å². The van der Waals surface area contributed by atoms with E-state index in [0.717, 1.165) is 5.56 Å². The lowest BCUT2D eigenvalue weighted by atomic mass is 10.3. The number of carboxylic acid groups (broad SMARTS) is 1. The first-order valence-corrected chi connectivity index (χ1v) is 5.96. The molecule has 0 saturated heterocycles. The highest BCUT2D eigenvalue weighted by molar-refractivity contribution is 5.96. The summed E-state index contributed by atoms with van der Waals surface area (Å²) in [6.07, 6.45) is 3.24. The topological polar surface area (TPSA) is 98.3 Å². The molecule has 20 heavy (non-hydrogen) atoms. The van der Waals surface area contributed by atoms with Gasteiger partial charge in [-0.25, -0.2) is 4.79 Å². The zero-order valence-electron chi connectivity index (χ0n) is 10.6. The molecule has 0 atom stereocenters. The van der Waals surface area contributed by atoms with Crippen LogP contribution in [0.15, 0.2) is 42.7 Å². The maximum absolute atomic E-state index is 12.1. The van der Waals surface area contributed by atoms with Crippen molar-refractivity contribution in [1.82, 2.24) is 15.5 Å². The fourth-order valence-corrected chi connectivity index (χ4v) is 1.67. The number of carbonyl (C=O) groups excluding carboxylic acids is 1. The van der Waals surface area contributed by atoms with Crippen LogP contribution in [0.1, 0.15) is 5.56 Å². The molecule has 0 aliphatic heterocycles. The Morgan fingerprint density at radius 3 is 2.65 bits per heavy atom. The highest BCUT2D eigenvalue weighted by Gasteiger charge is 2.18. The summed E-state index contributed by atoms with van der Waals surface area (Å²) in [6, 6.07) is 8.17. The number of H-pyrrole nitrogens is 1. The molecule has 0 bridgehead atoms. The summed E-state index contributed by atoms with van der Waals surface area (Å²) in [6.45, 7) is -0.125. The van der Waals surface area contributed by atoms with E-state index in [1.807, 2.05) is 0 Å². The lowest BCUT2D eigenvalue weighted by Crippen LogP contribution is -2.42. The predicted octanol–water partition coefficient (Wildman–Crippen LogP) is 1.21. The molecule has 0 aliphatic carbocycles. The van der Waals surface area contributed by atoms with Crippen LogP contribution in [0.5, 0.6) is 0 Å². The maximum atomic E-state index is 12.1. The first-order valence-electron chi connectivity index (χ1n) is 5.96. The summed E-state index contributed by atoms with van der Waals surface area (Å²) in [4.78, 5) is 24.1. The number of anilines is 1. The molecular weight excluding hydrogens is 260 g/mol. The number of urea groups is 1. The third-order valence-corrected chi connectivity index (χ3v) is 2.60. The van der Waals surface area contributed by atoms with Gasteiger partial charge in [-0.15, -0.1) is 0 Å². The minimum atomic E-state index is -1.08. The molecule has 0 spiro atoms. The number of amides is 2. The van der Waals surface area contributed by atoms with Crippen molar-refractivity contribution in [1.29, 1.82) is 0 Å². The molecule has 1 aromatic carbocycles. The number of para-hydroxylation sites is 1. The summed E-state index contributed by atoms with van der Waals surface area (Å²) in [7, 11) is 0. The van der Waals surface area contributed by atoms with Crippen LogP contribution in [0.25, 0.3) is 0 Å². The van der Waals surface area contributed by atoms with Gasteiger partial charge < -0.3 is 10.4 Å². The van der Waals surface area contributed by atoms with E-state index in [0.29, 0.717) is 5.69 Å². The molecule has 0 unspecified atom stereocenters. The van der Waals surface area contributed by atoms with Gasteiger partial charge in [0.2, 0.25) is 0 Å². The number of nitrogens with one attached hydrogen (secondary N) is 2. The molecule has 3 N–H and O–H groups in total. The molecule has 0 saturated carbocycles. The minimum absolute atomic E-state index is 0.276. The van der Waals surface area contributed by atoms with E-state index in [1.165, 1.54) is 4.90 Å². The molecule has 2 aromatic rings. The Kier molecular flexibility index (Phi) is 4.33. The van der Waals surface area contributed by atoms with Crippen LogP contribution in [0.3, 0.4) is 0 Å². The third-order valence-electron chi connectivity index (χ3n) is 2.60. The average Bonchev–Trinajstić information content (AvgIpc) is 2.96. The number of hydrogen-bond acceptors (Lipinski definition) is 3. The number of aliphatic carboxylic acids is 1. The quantitative estimate of drug-likeness (QED) is 0.763. The highest BCUT2D eigenvalue weighted by atomic mass is 16.4. The largest absolute Gasteiger partial charge is 0.480 e. The number of carboxylic acids is 1. The summed E-state index contributed by atoms with van der Waals surface area (Å²) in [5.74, 6) is -1.08. The molecule has 1 heterocycles. The average molecular weight is 274 g/mol. The van der Waals surface area contributed by atoms with Crippen molar-refractivity contribution in [3.63, 3.8) is 0 Å². The maximum Gasteiger partial charge on any atom is 0.323 e. The van der Waals surface area contributed by atoms with Crippen LogP contribution < -0.4 is 10.2 Å². The fourth-order valence-electron chi connectivity index (χ4n) is 1.67. The van der Waals surface area contributed by atoms with E-state index < -0.39 is 18.5 Å². The van der Waals surface area contributed by atoms with E-state index in [1.54, 1.807) is 42.7 Å². The number of hydrogen-bond donors (Lipinski definition) is 3. The molecular formula is C13H14N4O3. The summed E-state index contributed by atoms with van der Waals surface area (Å²) >= 11 is 0. The molecule has 2 rings (SSSR count). The van der Waals surface area contributed by atoms with Crippen LogP contribution in [-0.4, -0.2) is 33.8 Å². The van der Waals surface area contributed by atoms with Gasteiger partial charge in [-0.05, 0) is 12.1 Å². The Bertz CT molecular complexity index is 569. The highest BCUT2D eigenvalue weighted by Crippen LogP contribution is 2.13. The summed E-state index contributed by atoms with van der Waals surface area (Å²) in [5.41, 5.74) is 1.33. The Morgan fingerprint density at radius 2 is 2.05 bits per heavy atom. The van der Waals surface area contributed by atoms with Crippen LogP contribution in [-0.2, 0) is 11.3 Å². The van der Waals surface area contributed by atoms with Gasteiger partial charge in [0.1, 0.15) is 6.54 Å². The monoisotopic (exact) mass is 274 g/mol. The van der Waals surface area contributed by atoms with Crippen molar-refractivity contribution in [3.05, 3.63) is 48.3 Å². The van der Waals surface area contributed by atoms with Gasteiger partial charge in [0.05, 0.1) is 6.20 Å². The second kappa shape index (κ2) is 6.37. The van der Waals surface area contributed by atoms with Gasteiger partial charge in [0.15, 0.2) is 0 Å². The van der Waals surface area contributed by atoms with E-state index in [4.69, 9.17) is 5.11 Å². The second-order valence-electron chi connectivity index (χ2n) is 4.08. The van der Waals surface area contributed by atoms with Crippen LogP contribution in [0.2, 0.25) is 0 Å². The molecule has 7 heteroatoms. The molecule has 0 fully saturated rings. The summed E-state index contributed by atoms with van der Waals surface area (Å²) in [5, 5.41) is 18.0. The molecule has 1 aromatic heterocycles. The zero-order valence-corrected chi connectivity index (χ0v) is 10.6. The lowest BCUT2D eigenvalue weighted by molar-refractivity contribution is -0.135. The molecule has 104 valence electrons.